The summed E-state index contributed by atoms with van der Waals surface area (Å²) in [7, 11) is 1.70. The lowest BCUT2D eigenvalue weighted by atomic mass is 10.0. The summed E-state index contributed by atoms with van der Waals surface area (Å²) < 4.78 is 5.36. The van der Waals surface area contributed by atoms with Gasteiger partial charge in [-0.1, -0.05) is 36.4 Å². The fourth-order valence-corrected chi connectivity index (χ4v) is 2.77. The van der Waals surface area contributed by atoms with Crippen LogP contribution in [0.2, 0.25) is 0 Å². The highest BCUT2D eigenvalue weighted by atomic mass is 32.1. The first-order valence-corrected chi connectivity index (χ1v) is 8.70. The number of rotatable bonds is 7. The van der Waals surface area contributed by atoms with E-state index in [0.29, 0.717) is 5.11 Å². The van der Waals surface area contributed by atoms with Gasteiger partial charge in [-0.25, -0.2) is 0 Å². The van der Waals surface area contributed by atoms with E-state index in [1.807, 2.05) is 18.2 Å². The van der Waals surface area contributed by atoms with Crippen LogP contribution in [-0.2, 0) is 12.8 Å². The first-order chi connectivity index (χ1) is 11.6. The largest absolute Gasteiger partial charge is 0.496 e. The van der Waals surface area contributed by atoms with Crippen LogP contribution < -0.4 is 15.4 Å². The first-order valence-electron chi connectivity index (χ1n) is 8.30. The molecule has 2 N–H and O–H groups in total. The van der Waals surface area contributed by atoms with Gasteiger partial charge in [-0.05, 0) is 67.2 Å². The standard InChI is InChI=1S/C20H26N2OS/c1-15-8-9-17(14-16(15)2)10-12-21-20(24)22-13-11-18-6-4-5-7-19(18)23-3/h4-9,14H,10-13H2,1-3H3,(H2,21,22,24). The van der Waals surface area contributed by atoms with Crippen molar-refractivity contribution in [3.63, 3.8) is 0 Å². The van der Waals surface area contributed by atoms with Crippen LogP contribution >= 0.6 is 12.2 Å². The summed E-state index contributed by atoms with van der Waals surface area (Å²) in [6, 6.07) is 14.7. The Morgan fingerprint density at radius 2 is 1.67 bits per heavy atom. The van der Waals surface area contributed by atoms with E-state index in [4.69, 9.17) is 17.0 Å². The summed E-state index contributed by atoms with van der Waals surface area (Å²) in [4.78, 5) is 0. The van der Waals surface area contributed by atoms with Crippen molar-refractivity contribution in [1.29, 1.82) is 0 Å². The number of nitrogens with one attached hydrogen (secondary N) is 2. The molecule has 3 nitrogen and oxygen atoms in total. The second-order valence-corrected chi connectivity index (χ2v) is 6.32. The van der Waals surface area contributed by atoms with Gasteiger partial charge in [-0.15, -0.1) is 0 Å². The zero-order valence-corrected chi connectivity index (χ0v) is 15.5. The maximum absolute atomic E-state index is 5.36. The molecule has 4 heteroatoms. The molecule has 0 aromatic heterocycles. The first kappa shape index (κ1) is 18.3. The van der Waals surface area contributed by atoms with Crippen molar-refractivity contribution < 1.29 is 4.74 Å². The molecule has 0 aliphatic heterocycles. The highest BCUT2D eigenvalue weighted by molar-refractivity contribution is 7.80. The number of thiocarbonyl (C=S) groups is 1. The molecule has 2 aromatic carbocycles. The molecule has 0 saturated heterocycles. The number of ether oxygens (including phenoxy) is 1. The highest BCUT2D eigenvalue weighted by Gasteiger charge is 2.02. The molecule has 0 fully saturated rings. The number of para-hydroxylation sites is 1. The minimum Gasteiger partial charge on any atom is -0.496 e. The third kappa shape index (κ3) is 5.53. The molecule has 0 saturated carbocycles. The van der Waals surface area contributed by atoms with E-state index in [1.165, 1.54) is 22.3 Å². The molecule has 128 valence electrons. The van der Waals surface area contributed by atoms with E-state index < -0.39 is 0 Å². The van der Waals surface area contributed by atoms with Gasteiger partial charge in [0.15, 0.2) is 5.11 Å². The fraction of sp³-hybridized carbons (Fsp3) is 0.350. The van der Waals surface area contributed by atoms with Crippen LogP contribution in [-0.4, -0.2) is 25.3 Å². The normalized spacial score (nSPS) is 10.3. The fourth-order valence-electron chi connectivity index (χ4n) is 2.56. The molecule has 0 amide bonds. The number of benzene rings is 2. The Bertz CT molecular complexity index is 685. The molecule has 0 aliphatic rings. The smallest absolute Gasteiger partial charge is 0.166 e. The van der Waals surface area contributed by atoms with Crippen LogP contribution in [0.5, 0.6) is 5.75 Å². The van der Waals surface area contributed by atoms with Crippen molar-refractivity contribution in [2.24, 2.45) is 0 Å². The third-order valence-corrected chi connectivity index (χ3v) is 4.43. The van der Waals surface area contributed by atoms with E-state index in [0.717, 1.165) is 31.7 Å². The van der Waals surface area contributed by atoms with Gasteiger partial charge >= 0.3 is 0 Å². The number of aryl methyl sites for hydroxylation is 2. The van der Waals surface area contributed by atoms with Crippen molar-refractivity contribution in [2.75, 3.05) is 20.2 Å². The number of hydrogen-bond acceptors (Lipinski definition) is 2. The van der Waals surface area contributed by atoms with E-state index >= 15 is 0 Å². The van der Waals surface area contributed by atoms with Crippen molar-refractivity contribution >= 4 is 17.3 Å². The molecule has 2 rings (SSSR count). The summed E-state index contributed by atoms with van der Waals surface area (Å²) in [5, 5.41) is 7.23. The average Bonchev–Trinajstić information content (AvgIpc) is 2.58. The van der Waals surface area contributed by atoms with Crippen LogP contribution in [0.25, 0.3) is 0 Å². The number of methoxy groups -OCH3 is 1. The van der Waals surface area contributed by atoms with E-state index in [1.54, 1.807) is 7.11 Å². The predicted molar refractivity (Wildman–Crippen MR) is 105 cm³/mol. The summed E-state index contributed by atoms with van der Waals surface area (Å²) >= 11 is 5.34. The SMILES string of the molecule is COc1ccccc1CCNC(=S)NCCc1ccc(C)c(C)c1. The lowest BCUT2D eigenvalue weighted by Gasteiger charge is -2.12. The molecule has 0 unspecified atom stereocenters. The van der Waals surface area contributed by atoms with Crippen molar-refractivity contribution in [1.82, 2.24) is 10.6 Å². The molecule has 0 heterocycles. The topological polar surface area (TPSA) is 33.3 Å². The maximum Gasteiger partial charge on any atom is 0.166 e. The zero-order valence-electron chi connectivity index (χ0n) is 14.7. The Morgan fingerprint density at radius 3 is 2.38 bits per heavy atom. The Hall–Kier alpha value is -2.07. The molecule has 0 atom stereocenters. The van der Waals surface area contributed by atoms with Crippen LogP contribution in [0.3, 0.4) is 0 Å². The van der Waals surface area contributed by atoms with Crippen molar-refractivity contribution in [3.05, 3.63) is 64.7 Å². The minimum absolute atomic E-state index is 0.703. The van der Waals surface area contributed by atoms with Gasteiger partial charge in [-0.2, -0.15) is 0 Å². The van der Waals surface area contributed by atoms with E-state index in [2.05, 4.69) is 48.7 Å². The van der Waals surface area contributed by atoms with Gasteiger partial charge in [-0.3, -0.25) is 0 Å². The van der Waals surface area contributed by atoms with E-state index in [9.17, 15) is 0 Å². The quantitative estimate of drug-likeness (QED) is 0.754. The predicted octanol–water partition coefficient (Wildman–Crippen LogP) is 3.56. The number of hydrogen-bond donors (Lipinski definition) is 2. The second kappa shape index (κ2) is 9.28. The summed E-state index contributed by atoms with van der Waals surface area (Å²) in [6.07, 6.45) is 1.85. The van der Waals surface area contributed by atoms with Crippen molar-refractivity contribution in [2.45, 2.75) is 26.7 Å². The molecule has 0 radical (unpaired) electrons. The maximum atomic E-state index is 5.36. The molecule has 24 heavy (non-hydrogen) atoms. The van der Waals surface area contributed by atoms with E-state index in [-0.39, 0.29) is 0 Å². The molecular weight excluding hydrogens is 316 g/mol. The van der Waals surface area contributed by atoms with Gasteiger partial charge < -0.3 is 15.4 Å². The molecular formula is C20H26N2OS. The Morgan fingerprint density at radius 1 is 0.958 bits per heavy atom. The van der Waals surface area contributed by atoms with Gasteiger partial charge in [0.1, 0.15) is 5.75 Å². The summed E-state index contributed by atoms with van der Waals surface area (Å²) in [6.45, 7) is 5.91. The molecule has 2 aromatic rings. The Labute approximate surface area is 150 Å². The van der Waals surface area contributed by atoms with Crippen LogP contribution in [0.4, 0.5) is 0 Å². The van der Waals surface area contributed by atoms with Crippen LogP contribution in [0, 0.1) is 13.8 Å². The van der Waals surface area contributed by atoms with Crippen LogP contribution in [0.15, 0.2) is 42.5 Å². The lowest BCUT2D eigenvalue weighted by molar-refractivity contribution is 0.409. The average molecular weight is 343 g/mol. The van der Waals surface area contributed by atoms with Gasteiger partial charge in [0.2, 0.25) is 0 Å². The van der Waals surface area contributed by atoms with Crippen LogP contribution in [0.1, 0.15) is 22.3 Å². The summed E-state index contributed by atoms with van der Waals surface area (Å²) in [5.41, 5.74) is 5.19. The highest BCUT2D eigenvalue weighted by Crippen LogP contribution is 2.17. The summed E-state index contributed by atoms with van der Waals surface area (Å²) in [5.74, 6) is 0.924. The second-order valence-electron chi connectivity index (χ2n) is 5.91. The van der Waals surface area contributed by atoms with Crippen molar-refractivity contribution in [3.8, 4) is 5.75 Å². The Balaban J connectivity index is 1.69. The minimum atomic E-state index is 0.703. The van der Waals surface area contributed by atoms with Gasteiger partial charge in [0.25, 0.3) is 0 Å². The molecule has 0 bridgehead atoms. The van der Waals surface area contributed by atoms with Gasteiger partial charge in [0.05, 0.1) is 7.11 Å². The molecule has 0 aliphatic carbocycles. The Kier molecular flexibility index (Phi) is 7.07. The lowest BCUT2D eigenvalue weighted by Crippen LogP contribution is -2.37. The third-order valence-electron chi connectivity index (χ3n) is 4.14. The monoisotopic (exact) mass is 342 g/mol. The van der Waals surface area contributed by atoms with Gasteiger partial charge in [0, 0.05) is 13.1 Å². The molecule has 0 spiro atoms. The zero-order chi connectivity index (χ0) is 17.4.